The monoisotopic (exact) mass is 652 g/mol. The number of furan rings is 1. The Morgan fingerprint density at radius 1 is 0.373 bits per heavy atom. The molecule has 8 aromatic carbocycles. The van der Waals surface area contributed by atoms with Crippen molar-refractivity contribution in [2.75, 3.05) is 4.90 Å². The fourth-order valence-electron chi connectivity index (χ4n) is 7.74. The van der Waals surface area contributed by atoms with Crippen LogP contribution in [0.25, 0.3) is 71.7 Å². The van der Waals surface area contributed by atoms with Gasteiger partial charge in [-0.1, -0.05) is 140 Å². The Hall–Kier alpha value is -6.84. The van der Waals surface area contributed by atoms with Gasteiger partial charge >= 0.3 is 0 Å². The van der Waals surface area contributed by atoms with Crippen molar-refractivity contribution in [1.82, 2.24) is 4.57 Å². The predicted octanol–water partition coefficient (Wildman–Crippen LogP) is 13.5. The molecule has 0 radical (unpaired) electrons. The van der Waals surface area contributed by atoms with Crippen molar-refractivity contribution in [2.45, 2.75) is 0 Å². The lowest BCUT2D eigenvalue weighted by molar-refractivity contribution is 0.670. The number of hydrogen-bond donors (Lipinski definition) is 0. The molecule has 51 heavy (non-hydrogen) atoms. The average Bonchev–Trinajstić information content (AvgIpc) is 3.75. The minimum absolute atomic E-state index is 0.907. The van der Waals surface area contributed by atoms with Crippen molar-refractivity contribution in [2.24, 2.45) is 0 Å². The molecule has 0 bridgehead atoms. The summed E-state index contributed by atoms with van der Waals surface area (Å²) in [6, 6.07) is 69.1. The number of nitrogens with zero attached hydrogens (tertiary/aromatic N) is 2. The van der Waals surface area contributed by atoms with Gasteiger partial charge in [-0.3, -0.25) is 0 Å². The molecule has 10 rings (SSSR count). The zero-order chi connectivity index (χ0) is 33.7. The average molecular weight is 653 g/mol. The molecule has 0 atom stereocenters. The standard InChI is InChI=1S/C48H32N2O/c1-2-15-34(16-3-1)49(35-31-29-33(30-32-35)36-22-14-23-42-41-21-8-13-28-47(41)51-48(36)42)43-24-9-4-17-37(43)38-18-5-10-25-44(38)50-45-26-11-6-19-39(45)40-20-7-12-27-46(40)50/h1-32H. The number of para-hydroxylation sites is 7. The lowest BCUT2D eigenvalue weighted by Gasteiger charge is -2.28. The Bertz CT molecular complexity index is 2810. The SMILES string of the molecule is c1ccc(N(c2ccc(-c3cccc4c3oc3ccccc34)cc2)c2ccccc2-c2ccccc2-n2c3ccccc3c3ccccc32)cc1. The first-order valence-electron chi connectivity index (χ1n) is 17.4. The molecule has 3 heteroatoms. The number of aromatic nitrogens is 1. The third-order valence-electron chi connectivity index (χ3n) is 10.0. The first-order chi connectivity index (χ1) is 25.3. The highest BCUT2D eigenvalue weighted by atomic mass is 16.3. The van der Waals surface area contributed by atoms with E-state index in [2.05, 4.69) is 191 Å². The van der Waals surface area contributed by atoms with Crippen LogP contribution < -0.4 is 4.90 Å². The minimum atomic E-state index is 0.907. The van der Waals surface area contributed by atoms with Crippen LogP contribution in [-0.4, -0.2) is 4.57 Å². The smallest absolute Gasteiger partial charge is 0.143 e. The first kappa shape index (κ1) is 29.1. The van der Waals surface area contributed by atoms with Gasteiger partial charge in [0.15, 0.2) is 0 Å². The predicted molar refractivity (Wildman–Crippen MR) is 214 cm³/mol. The number of rotatable bonds is 6. The van der Waals surface area contributed by atoms with Crippen LogP contribution in [-0.2, 0) is 0 Å². The van der Waals surface area contributed by atoms with Crippen LogP contribution >= 0.6 is 0 Å². The Labute approximate surface area is 295 Å². The molecule has 0 amide bonds. The molecule has 0 aliphatic heterocycles. The summed E-state index contributed by atoms with van der Waals surface area (Å²) < 4.78 is 8.82. The summed E-state index contributed by atoms with van der Waals surface area (Å²) in [5, 5.41) is 4.77. The molecule has 0 fully saturated rings. The highest BCUT2D eigenvalue weighted by molar-refractivity contribution is 6.11. The van der Waals surface area contributed by atoms with Crippen molar-refractivity contribution in [3.8, 4) is 27.9 Å². The van der Waals surface area contributed by atoms with E-state index < -0.39 is 0 Å². The zero-order valence-electron chi connectivity index (χ0n) is 27.8. The van der Waals surface area contributed by atoms with Crippen molar-refractivity contribution in [3.63, 3.8) is 0 Å². The molecule has 2 heterocycles. The van der Waals surface area contributed by atoms with Gasteiger partial charge in [0, 0.05) is 49.6 Å². The molecule has 0 aliphatic carbocycles. The van der Waals surface area contributed by atoms with Gasteiger partial charge in [0.05, 0.1) is 22.4 Å². The van der Waals surface area contributed by atoms with Gasteiger partial charge in [-0.05, 0) is 60.2 Å². The van der Waals surface area contributed by atoms with Crippen LogP contribution in [0.1, 0.15) is 0 Å². The molecular weight excluding hydrogens is 621 g/mol. The maximum atomic E-state index is 6.40. The van der Waals surface area contributed by atoms with E-state index in [1.54, 1.807) is 0 Å². The largest absolute Gasteiger partial charge is 0.455 e. The van der Waals surface area contributed by atoms with E-state index in [1.165, 1.54) is 21.8 Å². The number of hydrogen-bond acceptors (Lipinski definition) is 2. The van der Waals surface area contributed by atoms with E-state index in [4.69, 9.17) is 4.42 Å². The van der Waals surface area contributed by atoms with E-state index in [0.717, 1.165) is 66.9 Å². The lowest BCUT2D eigenvalue weighted by Crippen LogP contribution is -2.11. The van der Waals surface area contributed by atoms with Crippen LogP contribution in [0.4, 0.5) is 17.1 Å². The fraction of sp³-hybridized carbons (Fsp3) is 0. The van der Waals surface area contributed by atoms with E-state index in [-0.39, 0.29) is 0 Å². The summed E-state index contributed by atoms with van der Waals surface area (Å²) in [6.07, 6.45) is 0. The summed E-state index contributed by atoms with van der Waals surface area (Å²) in [5.41, 5.74) is 13.1. The van der Waals surface area contributed by atoms with Crippen molar-refractivity contribution in [1.29, 1.82) is 0 Å². The fourth-order valence-corrected chi connectivity index (χ4v) is 7.74. The number of benzene rings is 8. The highest BCUT2D eigenvalue weighted by Gasteiger charge is 2.21. The van der Waals surface area contributed by atoms with E-state index in [1.807, 2.05) is 12.1 Å². The Morgan fingerprint density at radius 2 is 0.922 bits per heavy atom. The van der Waals surface area contributed by atoms with Crippen molar-refractivity contribution >= 4 is 60.8 Å². The molecular formula is C48H32N2O. The van der Waals surface area contributed by atoms with Gasteiger partial charge in [0.25, 0.3) is 0 Å². The van der Waals surface area contributed by atoms with E-state index in [0.29, 0.717) is 0 Å². The molecule has 0 aliphatic rings. The highest BCUT2D eigenvalue weighted by Crippen LogP contribution is 2.44. The summed E-state index contributed by atoms with van der Waals surface area (Å²) in [5.74, 6) is 0. The molecule has 10 aromatic rings. The minimum Gasteiger partial charge on any atom is -0.455 e. The van der Waals surface area contributed by atoms with Crippen LogP contribution in [0.3, 0.4) is 0 Å². The normalized spacial score (nSPS) is 11.5. The van der Waals surface area contributed by atoms with E-state index in [9.17, 15) is 0 Å². The van der Waals surface area contributed by atoms with Gasteiger partial charge in [-0.15, -0.1) is 0 Å². The maximum absolute atomic E-state index is 6.40. The van der Waals surface area contributed by atoms with Gasteiger partial charge < -0.3 is 13.9 Å². The quantitative estimate of drug-likeness (QED) is 0.178. The van der Waals surface area contributed by atoms with Gasteiger partial charge in [-0.25, -0.2) is 0 Å². The Morgan fingerprint density at radius 3 is 1.69 bits per heavy atom. The second kappa shape index (κ2) is 11.9. The lowest BCUT2D eigenvalue weighted by atomic mass is 9.99. The van der Waals surface area contributed by atoms with E-state index >= 15 is 0 Å². The molecule has 240 valence electrons. The molecule has 0 saturated carbocycles. The van der Waals surface area contributed by atoms with Crippen LogP contribution in [0.5, 0.6) is 0 Å². The molecule has 0 spiro atoms. The summed E-state index contributed by atoms with van der Waals surface area (Å²) in [7, 11) is 0. The number of fused-ring (bicyclic) bond motifs is 6. The molecule has 0 N–H and O–H groups in total. The van der Waals surface area contributed by atoms with Crippen molar-refractivity contribution < 1.29 is 4.42 Å². The van der Waals surface area contributed by atoms with Gasteiger partial charge in [-0.2, -0.15) is 0 Å². The molecule has 0 unspecified atom stereocenters. The van der Waals surface area contributed by atoms with Crippen LogP contribution in [0.15, 0.2) is 199 Å². The van der Waals surface area contributed by atoms with Crippen molar-refractivity contribution in [3.05, 3.63) is 194 Å². The molecule has 3 nitrogen and oxygen atoms in total. The third-order valence-corrected chi connectivity index (χ3v) is 10.0. The zero-order valence-corrected chi connectivity index (χ0v) is 27.8. The molecule has 0 saturated heterocycles. The summed E-state index contributed by atoms with van der Waals surface area (Å²) in [6.45, 7) is 0. The third kappa shape index (κ3) is 4.74. The summed E-state index contributed by atoms with van der Waals surface area (Å²) in [4.78, 5) is 2.36. The topological polar surface area (TPSA) is 21.3 Å². The second-order valence-electron chi connectivity index (χ2n) is 12.9. The van der Waals surface area contributed by atoms with Gasteiger partial charge in [0.1, 0.15) is 11.2 Å². The first-order valence-corrected chi connectivity index (χ1v) is 17.4. The van der Waals surface area contributed by atoms with Crippen LogP contribution in [0, 0.1) is 0 Å². The maximum Gasteiger partial charge on any atom is 0.143 e. The number of anilines is 3. The Balaban J connectivity index is 1.14. The Kier molecular flexibility index (Phi) is 6.81. The second-order valence-corrected chi connectivity index (χ2v) is 12.9. The van der Waals surface area contributed by atoms with Crippen LogP contribution in [0.2, 0.25) is 0 Å². The van der Waals surface area contributed by atoms with Gasteiger partial charge in [0.2, 0.25) is 0 Å². The summed E-state index contributed by atoms with van der Waals surface area (Å²) >= 11 is 0. The molecule has 2 aromatic heterocycles.